The molecule has 152 valence electrons. The topological polar surface area (TPSA) is 71.5 Å². The van der Waals surface area contributed by atoms with Crippen LogP contribution in [0.1, 0.15) is 58.4 Å². The first-order valence-corrected chi connectivity index (χ1v) is 10.3. The van der Waals surface area contributed by atoms with Crippen molar-refractivity contribution < 1.29 is 14.6 Å². The molecular weight excluding hydrogens is 352 g/mol. The fraction of sp³-hybridized carbons (Fsp3) is 0.565. The van der Waals surface area contributed by atoms with Crippen molar-refractivity contribution in [3.8, 4) is 5.75 Å². The Morgan fingerprint density at radius 3 is 2.64 bits per heavy atom. The second kappa shape index (κ2) is 8.91. The van der Waals surface area contributed by atoms with Crippen LogP contribution in [0, 0.1) is 11.3 Å². The molecule has 1 aromatic heterocycles. The van der Waals surface area contributed by atoms with E-state index >= 15 is 0 Å². The van der Waals surface area contributed by atoms with Gasteiger partial charge in [0.2, 0.25) is 0 Å². The van der Waals surface area contributed by atoms with Crippen molar-refractivity contribution in [1.29, 1.82) is 0 Å². The molecule has 1 aliphatic carbocycles. The number of aliphatic carboxylic acids is 1. The number of benzene rings is 1. The van der Waals surface area contributed by atoms with Gasteiger partial charge >= 0.3 is 5.97 Å². The van der Waals surface area contributed by atoms with Gasteiger partial charge in [0.1, 0.15) is 5.75 Å². The number of nitrogens with one attached hydrogen (secondary N) is 1. The summed E-state index contributed by atoms with van der Waals surface area (Å²) in [5.41, 5.74) is 2.36. The van der Waals surface area contributed by atoms with Crippen LogP contribution in [0.25, 0.3) is 10.9 Å². The van der Waals surface area contributed by atoms with E-state index in [2.05, 4.69) is 43.2 Å². The number of ether oxygens (including phenoxy) is 1. The van der Waals surface area contributed by atoms with E-state index in [-0.39, 0.29) is 6.42 Å². The summed E-state index contributed by atoms with van der Waals surface area (Å²) < 4.78 is 6.25. The Labute approximate surface area is 167 Å². The number of hydrogen-bond donors (Lipinski definition) is 2. The van der Waals surface area contributed by atoms with Crippen molar-refractivity contribution in [3.05, 3.63) is 36.0 Å². The number of rotatable bonds is 7. The Kier molecular flexibility index (Phi) is 6.55. The summed E-state index contributed by atoms with van der Waals surface area (Å²) >= 11 is 0. The number of carboxylic acid groups (broad SMARTS) is 1. The Morgan fingerprint density at radius 2 is 1.96 bits per heavy atom. The second-order valence-electron chi connectivity index (χ2n) is 8.98. The molecule has 2 aromatic rings. The molecule has 1 aliphatic rings. The van der Waals surface area contributed by atoms with Crippen LogP contribution >= 0.6 is 0 Å². The molecule has 2 N–H and O–H groups in total. The lowest BCUT2D eigenvalue weighted by Gasteiger charge is -2.36. The molecule has 0 bridgehead atoms. The lowest BCUT2D eigenvalue weighted by molar-refractivity contribution is -0.136. The van der Waals surface area contributed by atoms with E-state index in [4.69, 9.17) is 9.84 Å². The number of nitrogens with zero attached hydrogens (tertiary/aromatic N) is 1. The number of hydrogen-bond acceptors (Lipinski definition) is 4. The van der Waals surface area contributed by atoms with Gasteiger partial charge in [0.05, 0.1) is 18.0 Å². The maximum atomic E-state index is 10.6. The zero-order chi connectivity index (χ0) is 20.1. The van der Waals surface area contributed by atoms with Gasteiger partial charge in [0.25, 0.3) is 0 Å². The van der Waals surface area contributed by atoms with E-state index in [1.54, 1.807) is 0 Å². The molecule has 1 aromatic carbocycles. The molecule has 0 unspecified atom stereocenters. The molecule has 0 aliphatic heterocycles. The van der Waals surface area contributed by atoms with Crippen LogP contribution in [0.2, 0.25) is 0 Å². The van der Waals surface area contributed by atoms with E-state index < -0.39 is 5.97 Å². The Balaban J connectivity index is 1.56. The summed E-state index contributed by atoms with van der Waals surface area (Å²) in [6.45, 7) is 8.08. The Morgan fingerprint density at radius 1 is 1.21 bits per heavy atom. The van der Waals surface area contributed by atoms with E-state index in [1.165, 1.54) is 12.8 Å². The van der Waals surface area contributed by atoms with Crippen LogP contribution in [0.4, 0.5) is 0 Å². The van der Waals surface area contributed by atoms with Gasteiger partial charge in [-0.15, -0.1) is 0 Å². The monoisotopic (exact) mass is 384 g/mol. The SMILES string of the molecule is CC(C)(C)[C@H]1CC[C@H](Oc2ccc3cc(CNCCC(=O)O)cnc3c2)CC1. The van der Waals surface area contributed by atoms with Gasteiger partial charge in [-0.05, 0) is 60.8 Å². The molecule has 5 nitrogen and oxygen atoms in total. The zero-order valence-corrected chi connectivity index (χ0v) is 17.2. The molecule has 0 saturated heterocycles. The quantitative estimate of drug-likeness (QED) is 0.672. The van der Waals surface area contributed by atoms with E-state index in [1.807, 2.05) is 18.3 Å². The van der Waals surface area contributed by atoms with Gasteiger partial charge in [-0.2, -0.15) is 0 Å². The van der Waals surface area contributed by atoms with Crippen molar-refractivity contribution in [2.24, 2.45) is 11.3 Å². The number of carboxylic acids is 1. The van der Waals surface area contributed by atoms with Gasteiger partial charge in [-0.3, -0.25) is 9.78 Å². The molecule has 3 rings (SSSR count). The van der Waals surface area contributed by atoms with Crippen LogP contribution in [0.3, 0.4) is 0 Å². The summed E-state index contributed by atoms with van der Waals surface area (Å²) in [6.07, 6.45) is 6.97. The van der Waals surface area contributed by atoms with Crippen molar-refractivity contribution >= 4 is 16.9 Å². The van der Waals surface area contributed by atoms with Gasteiger partial charge in [-0.1, -0.05) is 20.8 Å². The van der Waals surface area contributed by atoms with Crippen LogP contribution in [0.15, 0.2) is 30.5 Å². The van der Waals surface area contributed by atoms with E-state index in [9.17, 15) is 4.79 Å². The fourth-order valence-electron chi connectivity index (χ4n) is 3.98. The van der Waals surface area contributed by atoms with Crippen molar-refractivity contribution in [2.75, 3.05) is 6.54 Å². The minimum absolute atomic E-state index is 0.124. The van der Waals surface area contributed by atoms with Gasteiger partial charge in [0.15, 0.2) is 0 Å². The van der Waals surface area contributed by atoms with Crippen molar-refractivity contribution in [2.45, 2.75) is 65.5 Å². The zero-order valence-electron chi connectivity index (χ0n) is 17.2. The molecule has 0 amide bonds. The molecule has 28 heavy (non-hydrogen) atoms. The first kappa shape index (κ1) is 20.6. The van der Waals surface area contributed by atoms with Gasteiger partial charge in [0, 0.05) is 30.7 Å². The highest BCUT2D eigenvalue weighted by Crippen LogP contribution is 2.38. The summed E-state index contributed by atoms with van der Waals surface area (Å²) in [6, 6.07) is 8.20. The second-order valence-corrected chi connectivity index (χ2v) is 8.98. The molecule has 0 radical (unpaired) electrons. The fourth-order valence-corrected chi connectivity index (χ4v) is 3.98. The number of carbonyl (C=O) groups is 1. The largest absolute Gasteiger partial charge is 0.490 e. The highest BCUT2D eigenvalue weighted by atomic mass is 16.5. The molecule has 0 atom stereocenters. The first-order valence-electron chi connectivity index (χ1n) is 10.3. The number of fused-ring (bicyclic) bond motifs is 1. The number of pyridine rings is 1. The van der Waals surface area contributed by atoms with E-state index in [0.717, 1.165) is 41.0 Å². The predicted molar refractivity (Wildman–Crippen MR) is 112 cm³/mol. The van der Waals surface area contributed by atoms with Crippen LogP contribution < -0.4 is 10.1 Å². The molecular formula is C23H32N2O3. The summed E-state index contributed by atoms with van der Waals surface area (Å²) in [7, 11) is 0. The summed E-state index contributed by atoms with van der Waals surface area (Å²) in [5.74, 6) is 0.892. The lowest BCUT2D eigenvalue weighted by Crippen LogP contribution is -2.30. The van der Waals surface area contributed by atoms with E-state index in [0.29, 0.717) is 24.6 Å². The third kappa shape index (κ3) is 5.68. The molecule has 1 heterocycles. The predicted octanol–water partition coefficient (Wildman–Crippen LogP) is 4.78. The standard InChI is InChI=1S/C23H32N2O3/c1-23(2,3)18-5-8-19(9-6-18)28-20-7-4-17-12-16(15-25-21(17)13-20)14-24-11-10-22(26)27/h4,7,12-13,15,18-19,24H,5-6,8-11,14H2,1-3H3,(H,26,27)/t18-,19-. The van der Waals surface area contributed by atoms with Crippen molar-refractivity contribution in [1.82, 2.24) is 10.3 Å². The van der Waals surface area contributed by atoms with Gasteiger partial charge in [-0.25, -0.2) is 0 Å². The molecule has 5 heteroatoms. The maximum Gasteiger partial charge on any atom is 0.304 e. The highest BCUT2D eigenvalue weighted by molar-refractivity contribution is 5.80. The van der Waals surface area contributed by atoms with Crippen molar-refractivity contribution in [3.63, 3.8) is 0 Å². The first-order chi connectivity index (χ1) is 13.3. The lowest BCUT2D eigenvalue weighted by atomic mass is 9.72. The molecule has 1 saturated carbocycles. The molecule has 0 spiro atoms. The van der Waals surface area contributed by atoms with Crippen LogP contribution in [-0.4, -0.2) is 28.7 Å². The van der Waals surface area contributed by atoms with Crippen LogP contribution in [0.5, 0.6) is 5.75 Å². The maximum absolute atomic E-state index is 10.6. The Bertz CT molecular complexity index is 805. The normalized spacial score (nSPS) is 20.2. The van der Waals surface area contributed by atoms with Gasteiger partial charge < -0.3 is 15.2 Å². The summed E-state index contributed by atoms with van der Waals surface area (Å²) in [4.78, 5) is 15.1. The summed E-state index contributed by atoms with van der Waals surface area (Å²) in [5, 5.41) is 12.9. The Hall–Kier alpha value is -2.14. The highest BCUT2D eigenvalue weighted by Gasteiger charge is 2.30. The number of aromatic nitrogens is 1. The minimum atomic E-state index is -0.788. The third-order valence-corrected chi connectivity index (χ3v) is 5.76. The average molecular weight is 385 g/mol. The average Bonchev–Trinajstić information content (AvgIpc) is 2.65. The minimum Gasteiger partial charge on any atom is -0.490 e. The smallest absolute Gasteiger partial charge is 0.304 e. The van der Waals surface area contributed by atoms with Crippen LogP contribution in [-0.2, 0) is 11.3 Å². The third-order valence-electron chi connectivity index (χ3n) is 5.76. The molecule has 1 fully saturated rings.